The maximum Gasteiger partial charge on any atom is 0.343 e. The van der Waals surface area contributed by atoms with E-state index < -0.39 is 0 Å². The van der Waals surface area contributed by atoms with Crippen molar-refractivity contribution >= 4 is 39.3 Å². The third-order valence-corrected chi connectivity index (χ3v) is 4.84. The van der Waals surface area contributed by atoms with Crippen LogP contribution in [0.3, 0.4) is 0 Å². The van der Waals surface area contributed by atoms with Crippen molar-refractivity contribution < 1.29 is 9.53 Å². The molecule has 108 valence electrons. The van der Waals surface area contributed by atoms with Crippen LogP contribution in [0.2, 0.25) is 0 Å². The molecule has 0 aliphatic heterocycles. The third kappa shape index (κ3) is 2.29. The molecular weight excluding hydrogens is 387 g/mol. The van der Waals surface area contributed by atoms with Crippen LogP contribution in [-0.2, 0) is 12.8 Å². The number of benzene rings is 3. The number of aryl methyl sites for hydroxylation is 2. The molecule has 3 aromatic rings. The van der Waals surface area contributed by atoms with Gasteiger partial charge in [0.05, 0.1) is 5.56 Å². The Morgan fingerprint density at radius 1 is 0.909 bits per heavy atom. The first kappa shape index (κ1) is 13.8. The van der Waals surface area contributed by atoms with Gasteiger partial charge in [0.15, 0.2) is 0 Å². The number of hydrogen-bond acceptors (Lipinski definition) is 2. The van der Waals surface area contributed by atoms with E-state index in [-0.39, 0.29) is 5.97 Å². The van der Waals surface area contributed by atoms with Gasteiger partial charge in [0.2, 0.25) is 0 Å². The summed E-state index contributed by atoms with van der Waals surface area (Å²) in [4.78, 5) is 12.3. The molecule has 0 atom stereocenters. The topological polar surface area (TPSA) is 26.3 Å². The Hall–Kier alpha value is -1.88. The van der Waals surface area contributed by atoms with Crippen LogP contribution in [0.5, 0.6) is 5.75 Å². The van der Waals surface area contributed by atoms with E-state index >= 15 is 0 Å². The molecule has 1 aliphatic carbocycles. The lowest BCUT2D eigenvalue weighted by Crippen LogP contribution is -2.08. The Labute approximate surface area is 142 Å². The van der Waals surface area contributed by atoms with Gasteiger partial charge in [-0.3, -0.25) is 0 Å². The van der Waals surface area contributed by atoms with Gasteiger partial charge in [0.1, 0.15) is 5.75 Å². The lowest BCUT2D eigenvalue weighted by molar-refractivity contribution is 0.0737. The van der Waals surface area contributed by atoms with E-state index in [0.29, 0.717) is 11.3 Å². The molecule has 1 aliphatic rings. The number of halogens is 1. The van der Waals surface area contributed by atoms with Crippen LogP contribution in [0.15, 0.2) is 54.6 Å². The second-order valence-corrected chi connectivity index (χ2v) is 6.70. The van der Waals surface area contributed by atoms with Crippen LogP contribution in [0, 0.1) is 3.57 Å². The minimum Gasteiger partial charge on any atom is -0.422 e. The number of carbonyl (C=O) groups is 1. The zero-order valence-electron chi connectivity index (χ0n) is 11.8. The van der Waals surface area contributed by atoms with E-state index in [1.807, 2.05) is 30.3 Å². The molecule has 0 amide bonds. The molecule has 0 unspecified atom stereocenters. The summed E-state index contributed by atoms with van der Waals surface area (Å²) >= 11 is 2.22. The molecule has 0 spiro atoms. The average Bonchev–Trinajstić information content (AvgIpc) is 2.95. The number of rotatable bonds is 2. The lowest BCUT2D eigenvalue weighted by Gasteiger charge is -2.09. The summed E-state index contributed by atoms with van der Waals surface area (Å²) < 4.78 is 6.75. The number of ether oxygens (including phenoxy) is 1. The number of esters is 1. The first-order valence-electron chi connectivity index (χ1n) is 7.23. The number of carbonyl (C=O) groups excluding carboxylic acids is 1. The highest BCUT2D eigenvalue weighted by molar-refractivity contribution is 14.1. The summed E-state index contributed by atoms with van der Waals surface area (Å²) in [6, 6.07) is 17.6. The fraction of sp³-hybridized carbons (Fsp3) is 0.105. The van der Waals surface area contributed by atoms with Gasteiger partial charge in [-0.05, 0) is 82.3 Å². The molecule has 0 saturated carbocycles. The van der Waals surface area contributed by atoms with Crippen molar-refractivity contribution in [1.29, 1.82) is 0 Å². The third-order valence-electron chi connectivity index (χ3n) is 4.12. The molecule has 0 bridgehead atoms. The molecule has 22 heavy (non-hydrogen) atoms. The van der Waals surface area contributed by atoms with Crippen LogP contribution in [-0.4, -0.2) is 5.97 Å². The minimum absolute atomic E-state index is 0.310. The zero-order chi connectivity index (χ0) is 15.1. The van der Waals surface area contributed by atoms with E-state index in [1.165, 1.54) is 16.5 Å². The molecular formula is C19H13IO2. The first-order valence-corrected chi connectivity index (χ1v) is 8.31. The van der Waals surface area contributed by atoms with Crippen molar-refractivity contribution in [1.82, 2.24) is 0 Å². The smallest absolute Gasteiger partial charge is 0.343 e. The number of hydrogen-bond donors (Lipinski definition) is 0. The quantitative estimate of drug-likeness (QED) is 0.352. The molecule has 4 rings (SSSR count). The molecule has 0 saturated heterocycles. The highest BCUT2D eigenvalue weighted by Crippen LogP contribution is 2.36. The van der Waals surface area contributed by atoms with Gasteiger partial charge < -0.3 is 4.74 Å². The van der Waals surface area contributed by atoms with Crippen molar-refractivity contribution in [2.45, 2.75) is 12.8 Å². The van der Waals surface area contributed by atoms with Crippen LogP contribution >= 0.6 is 22.6 Å². The van der Waals surface area contributed by atoms with Crippen molar-refractivity contribution in [2.24, 2.45) is 0 Å². The van der Waals surface area contributed by atoms with Crippen molar-refractivity contribution in [3.63, 3.8) is 0 Å². The van der Waals surface area contributed by atoms with Gasteiger partial charge in [0, 0.05) is 8.96 Å². The van der Waals surface area contributed by atoms with E-state index in [9.17, 15) is 4.79 Å². The Morgan fingerprint density at radius 3 is 2.41 bits per heavy atom. The standard InChI is InChI=1S/C19H13IO2/c20-15-9-6-14(7-10-15)19(21)22-17-11-8-13-5-4-12-2-1-3-16(17)18(12)13/h1-3,6-11H,4-5H2. The van der Waals surface area contributed by atoms with Gasteiger partial charge in [-0.2, -0.15) is 0 Å². The molecule has 0 heterocycles. The average molecular weight is 400 g/mol. The maximum absolute atomic E-state index is 12.3. The Morgan fingerprint density at radius 2 is 1.64 bits per heavy atom. The summed E-state index contributed by atoms with van der Waals surface area (Å²) in [7, 11) is 0. The molecule has 3 heteroatoms. The highest BCUT2D eigenvalue weighted by Gasteiger charge is 2.18. The highest BCUT2D eigenvalue weighted by atomic mass is 127. The molecule has 3 aromatic carbocycles. The van der Waals surface area contributed by atoms with E-state index in [2.05, 4.69) is 34.7 Å². The van der Waals surface area contributed by atoms with Crippen LogP contribution in [0.4, 0.5) is 0 Å². The summed E-state index contributed by atoms with van der Waals surface area (Å²) in [6.07, 6.45) is 2.14. The second-order valence-electron chi connectivity index (χ2n) is 5.46. The fourth-order valence-corrected chi connectivity index (χ4v) is 3.41. The Bertz CT molecular complexity index is 872. The SMILES string of the molecule is O=C(Oc1ccc2c3c(cccc13)CC2)c1ccc(I)cc1. The molecule has 2 nitrogen and oxygen atoms in total. The van der Waals surface area contributed by atoms with Crippen molar-refractivity contribution in [3.05, 3.63) is 74.9 Å². The molecule has 0 radical (unpaired) electrons. The summed E-state index contributed by atoms with van der Waals surface area (Å²) in [6.45, 7) is 0. The summed E-state index contributed by atoms with van der Waals surface area (Å²) in [5, 5.41) is 2.29. The predicted molar refractivity (Wildman–Crippen MR) is 95.5 cm³/mol. The molecule has 0 N–H and O–H groups in total. The van der Waals surface area contributed by atoms with Crippen LogP contribution in [0.25, 0.3) is 10.8 Å². The lowest BCUT2D eigenvalue weighted by atomic mass is 10.0. The minimum atomic E-state index is -0.310. The largest absolute Gasteiger partial charge is 0.422 e. The Kier molecular flexibility index (Phi) is 3.37. The van der Waals surface area contributed by atoms with Gasteiger partial charge in [-0.15, -0.1) is 0 Å². The first-order chi connectivity index (χ1) is 10.7. The van der Waals surface area contributed by atoms with E-state index in [0.717, 1.165) is 21.8 Å². The summed E-state index contributed by atoms with van der Waals surface area (Å²) in [5.74, 6) is 0.334. The van der Waals surface area contributed by atoms with Crippen molar-refractivity contribution in [3.8, 4) is 5.75 Å². The predicted octanol–water partition coefficient (Wildman–Crippen LogP) is 4.76. The normalized spacial score (nSPS) is 12.6. The van der Waals surface area contributed by atoms with Gasteiger partial charge in [-0.25, -0.2) is 4.79 Å². The maximum atomic E-state index is 12.3. The summed E-state index contributed by atoms with van der Waals surface area (Å²) in [5.41, 5.74) is 3.27. The van der Waals surface area contributed by atoms with Crippen LogP contribution < -0.4 is 4.74 Å². The second kappa shape index (κ2) is 5.39. The van der Waals surface area contributed by atoms with Crippen LogP contribution in [0.1, 0.15) is 21.5 Å². The molecule has 0 fully saturated rings. The zero-order valence-corrected chi connectivity index (χ0v) is 14.0. The fourth-order valence-electron chi connectivity index (χ4n) is 3.05. The van der Waals surface area contributed by atoms with Gasteiger partial charge >= 0.3 is 5.97 Å². The monoisotopic (exact) mass is 400 g/mol. The van der Waals surface area contributed by atoms with Crippen molar-refractivity contribution in [2.75, 3.05) is 0 Å². The van der Waals surface area contributed by atoms with Gasteiger partial charge in [-0.1, -0.05) is 24.3 Å². The van der Waals surface area contributed by atoms with E-state index in [4.69, 9.17) is 4.74 Å². The molecule has 0 aromatic heterocycles. The van der Waals surface area contributed by atoms with E-state index in [1.54, 1.807) is 12.1 Å². The van der Waals surface area contributed by atoms with Gasteiger partial charge in [0.25, 0.3) is 0 Å². The Balaban J connectivity index is 1.73.